The summed E-state index contributed by atoms with van der Waals surface area (Å²) in [6.45, 7) is 0.197. The summed E-state index contributed by atoms with van der Waals surface area (Å²) < 4.78 is 5.50. The van der Waals surface area contributed by atoms with Gasteiger partial charge in [-0.05, 0) is 42.8 Å². The maximum absolute atomic E-state index is 11.9. The van der Waals surface area contributed by atoms with Gasteiger partial charge in [0.05, 0.1) is 18.2 Å². The molecular formula is C20H18Cl2N2O3. The number of terminal acetylenes is 1. The van der Waals surface area contributed by atoms with Crippen LogP contribution in [0, 0.1) is 12.3 Å². The molecule has 7 heteroatoms. The number of hydrogen-bond acceptors (Lipinski definition) is 3. The zero-order valence-electron chi connectivity index (χ0n) is 14.4. The second kappa shape index (κ2) is 10.5. The molecule has 0 radical (unpaired) electrons. The van der Waals surface area contributed by atoms with Gasteiger partial charge in [-0.15, -0.1) is 6.42 Å². The highest BCUT2D eigenvalue weighted by Gasteiger charge is 2.07. The first-order valence-electron chi connectivity index (χ1n) is 8.19. The van der Waals surface area contributed by atoms with Gasteiger partial charge in [0.25, 0.3) is 0 Å². The predicted octanol–water partition coefficient (Wildman–Crippen LogP) is 3.89. The Hall–Kier alpha value is -2.68. The van der Waals surface area contributed by atoms with Crippen LogP contribution in [0.3, 0.4) is 0 Å². The summed E-state index contributed by atoms with van der Waals surface area (Å²) in [7, 11) is 0. The lowest BCUT2D eigenvalue weighted by atomic mass is 10.2. The smallest absolute Gasteiger partial charge is 0.243 e. The number of carbonyl (C=O) groups excluding carboxylic acids is 2. The van der Waals surface area contributed by atoms with E-state index in [2.05, 4.69) is 16.6 Å². The van der Waals surface area contributed by atoms with Crippen LogP contribution in [0.4, 0.5) is 5.69 Å². The highest BCUT2D eigenvalue weighted by molar-refractivity contribution is 6.35. The van der Waals surface area contributed by atoms with Gasteiger partial charge in [0.2, 0.25) is 11.8 Å². The fourth-order valence-corrected chi connectivity index (χ4v) is 2.63. The minimum absolute atomic E-state index is 0.122. The van der Waals surface area contributed by atoms with Crippen LogP contribution in [-0.4, -0.2) is 25.0 Å². The Morgan fingerprint density at radius 2 is 1.93 bits per heavy atom. The SMILES string of the molecule is C#Cc1cccc(NC(=O)CNC(=O)CCCOc2ccc(Cl)cc2Cl)c1. The topological polar surface area (TPSA) is 67.4 Å². The number of halogens is 2. The molecule has 2 aromatic rings. The third kappa shape index (κ3) is 7.22. The first-order valence-corrected chi connectivity index (χ1v) is 8.94. The lowest BCUT2D eigenvalue weighted by Crippen LogP contribution is -2.32. The van der Waals surface area contributed by atoms with Crippen LogP contribution in [0.15, 0.2) is 42.5 Å². The molecule has 0 aromatic heterocycles. The minimum Gasteiger partial charge on any atom is -0.492 e. The molecular weight excluding hydrogens is 387 g/mol. The Labute approximate surface area is 168 Å². The molecule has 0 atom stereocenters. The molecule has 0 saturated heterocycles. The normalized spacial score (nSPS) is 9.96. The van der Waals surface area contributed by atoms with Gasteiger partial charge in [0, 0.05) is 22.7 Å². The lowest BCUT2D eigenvalue weighted by Gasteiger charge is -2.09. The van der Waals surface area contributed by atoms with Gasteiger partial charge in [0.15, 0.2) is 0 Å². The van der Waals surface area contributed by atoms with Gasteiger partial charge in [-0.25, -0.2) is 0 Å². The Kier molecular flexibility index (Phi) is 8.00. The zero-order valence-corrected chi connectivity index (χ0v) is 15.9. The molecule has 5 nitrogen and oxygen atoms in total. The van der Waals surface area contributed by atoms with Gasteiger partial charge in [0.1, 0.15) is 5.75 Å². The summed E-state index contributed by atoms with van der Waals surface area (Å²) in [5, 5.41) is 6.17. The van der Waals surface area contributed by atoms with Crippen molar-refractivity contribution in [3.63, 3.8) is 0 Å². The van der Waals surface area contributed by atoms with Gasteiger partial charge >= 0.3 is 0 Å². The van der Waals surface area contributed by atoms with E-state index >= 15 is 0 Å². The third-order valence-corrected chi connectivity index (χ3v) is 3.99. The van der Waals surface area contributed by atoms with E-state index in [1.54, 1.807) is 42.5 Å². The molecule has 140 valence electrons. The van der Waals surface area contributed by atoms with Crippen molar-refractivity contribution in [3.05, 3.63) is 58.1 Å². The summed E-state index contributed by atoms with van der Waals surface area (Å²) >= 11 is 11.8. The van der Waals surface area contributed by atoms with E-state index in [-0.39, 0.29) is 24.8 Å². The number of carbonyl (C=O) groups is 2. The Bertz CT molecular complexity index is 863. The zero-order chi connectivity index (χ0) is 19.6. The van der Waals surface area contributed by atoms with Crippen molar-refractivity contribution in [1.29, 1.82) is 0 Å². The molecule has 0 unspecified atom stereocenters. The maximum Gasteiger partial charge on any atom is 0.243 e. The molecule has 2 rings (SSSR count). The molecule has 2 aromatic carbocycles. The van der Waals surface area contributed by atoms with Crippen molar-refractivity contribution in [3.8, 4) is 18.1 Å². The second-order valence-corrected chi connectivity index (χ2v) is 6.42. The molecule has 27 heavy (non-hydrogen) atoms. The van der Waals surface area contributed by atoms with E-state index in [0.717, 1.165) is 0 Å². The largest absolute Gasteiger partial charge is 0.492 e. The fourth-order valence-electron chi connectivity index (χ4n) is 2.17. The van der Waals surface area contributed by atoms with E-state index in [0.29, 0.717) is 40.1 Å². The summed E-state index contributed by atoms with van der Waals surface area (Å²) in [5.41, 5.74) is 1.25. The fraction of sp³-hybridized carbons (Fsp3) is 0.200. The molecule has 0 aliphatic heterocycles. The van der Waals surface area contributed by atoms with Crippen molar-refractivity contribution in [2.45, 2.75) is 12.8 Å². The van der Waals surface area contributed by atoms with E-state index in [1.165, 1.54) is 0 Å². The first kappa shape index (κ1) is 20.6. The predicted molar refractivity (Wildman–Crippen MR) is 107 cm³/mol. The monoisotopic (exact) mass is 404 g/mol. The van der Waals surface area contributed by atoms with Crippen LogP contribution in [0.1, 0.15) is 18.4 Å². The van der Waals surface area contributed by atoms with Crippen LogP contribution in [0.25, 0.3) is 0 Å². The van der Waals surface area contributed by atoms with Crippen LogP contribution in [0.2, 0.25) is 10.0 Å². The average Bonchev–Trinajstić information content (AvgIpc) is 2.65. The van der Waals surface area contributed by atoms with Crippen LogP contribution >= 0.6 is 23.2 Å². The van der Waals surface area contributed by atoms with Gasteiger partial charge < -0.3 is 15.4 Å². The molecule has 2 amide bonds. The quantitative estimate of drug-likeness (QED) is 0.517. The maximum atomic E-state index is 11.9. The number of benzene rings is 2. The van der Waals surface area contributed by atoms with Crippen molar-refractivity contribution >= 4 is 40.7 Å². The number of ether oxygens (including phenoxy) is 1. The van der Waals surface area contributed by atoms with Crippen molar-refractivity contribution < 1.29 is 14.3 Å². The van der Waals surface area contributed by atoms with Crippen LogP contribution in [0.5, 0.6) is 5.75 Å². The van der Waals surface area contributed by atoms with E-state index in [1.807, 2.05) is 0 Å². The first-order chi connectivity index (χ1) is 13.0. The van der Waals surface area contributed by atoms with Crippen LogP contribution in [-0.2, 0) is 9.59 Å². The highest BCUT2D eigenvalue weighted by atomic mass is 35.5. The Balaban J connectivity index is 1.65. The summed E-state index contributed by atoms with van der Waals surface area (Å²) in [5.74, 6) is 2.43. The minimum atomic E-state index is -0.332. The molecule has 0 aliphatic rings. The van der Waals surface area contributed by atoms with E-state index in [4.69, 9.17) is 34.4 Å². The summed E-state index contributed by atoms with van der Waals surface area (Å²) in [4.78, 5) is 23.7. The summed E-state index contributed by atoms with van der Waals surface area (Å²) in [6, 6.07) is 11.8. The number of rotatable bonds is 8. The van der Waals surface area contributed by atoms with E-state index in [9.17, 15) is 9.59 Å². The van der Waals surface area contributed by atoms with Gasteiger partial charge in [-0.3, -0.25) is 9.59 Å². The molecule has 0 bridgehead atoms. The Morgan fingerprint density at radius 3 is 2.67 bits per heavy atom. The van der Waals surface area contributed by atoms with Crippen molar-refractivity contribution in [2.24, 2.45) is 0 Å². The lowest BCUT2D eigenvalue weighted by molar-refractivity contribution is -0.124. The number of nitrogens with one attached hydrogen (secondary N) is 2. The van der Waals surface area contributed by atoms with Gasteiger partial charge in [-0.2, -0.15) is 0 Å². The summed E-state index contributed by atoms with van der Waals surface area (Å²) in [6.07, 6.45) is 6.02. The molecule has 0 spiro atoms. The third-order valence-electron chi connectivity index (χ3n) is 3.46. The van der Waals surface area contributed by atoms with Crippen molar-refractivity contribution in [1.82, 2.24) is 5.32 Å². The number of amides is 2. The number of hydrogen-bond donors (Lipinski definition) is 2. The van der Waals surface area contributed by atoms with Gasteiger partial charge in [-0.1, -0.05) is 35.2 Å². The molecule has 0 aliphatic carbocycles. The molecule has 0 saturated carbocycles. The van der Waals surface area contributed by atoms with E-state index < -0.39 is 0 Å². The number of anilines is 1. The molecule has 0 fully saturated rings. The molecule has 2 N–H and O–H groups in total. The van der Waals surface area contributed by atoms with Crippen LogP contribution < -0.4 is 15.4 Å². The Morgan fingerprint density at radius 1 is 1.11 bits per heavy atom. The van der Waals surface area contributed by atoms with Crippen molar-refractivity contribution in [2.75, 3.05) is 18.5 Å². The second-order valence-electron chi connectivity index (χ2n) is 5.58. The standard InChI is InChI=1S/C20H18Cl2N2O3/c1-2-14-5-3-6-16(11-14)24-20(26)13-23-19(25)7-4-10-27-18-9-8-15(21)12-17(18)22/h1,3,5-6,8-9,11-12H,4,7,10,13H2,(H,23,25)(H,24,26). The average molecular weight is 405 g/mol. The highest BCUT2D eigenvalue weighted by Crippen LogP contribution is 2.27. The molecule has 0 heterocycles.